The van der Waals surface area contributed by atoms with Crippen molar-refractivity contribution < 1.29 is 14.6 Å². The summed E-state index contributed by atoms with van der Waals surface area (Å²) in [6, 6.07) is 0. The zero-order valence-electron chi connectivity index (χ0n) is 10.2. The van der Waals surface area contributed by atoms with Crippen molar-refractivity contribution in [3.05, 3.63) is 0 Å². The molecule has 2 unspecified atom stereocenters. The first-order valence-electron chi connectivity index (χ1n) is 6.22. The van der Waals surface area contributed by atoms with E-state index in [2.05, 4.69) is 4.90 Å². The summed E-state index contributed by atoms with van der Waals surface area (Å²) in [5.41, 5.74) is -0.0269. The van der Waals surface area contributed by atoms with Crippen molar-refractivity contribution in [3.8, 4) is 0 Å². The Labute approximate surface area is 97.5 Å². The van der Waals surface area contributed by atoms with Gasteiger partial charge in [-0.05, 0) is 19.3 Å². The molecule has 2 rings (SSSR count). The van der Waals surface area contributed by atoms with Crippen LogP contribution in [0.2, 0.25) is 0 Å². The van der Waals surface area contributed by atoms with E-state index in [0.29, 0.717) is 12.7 Å². The molecule has 2 fully saturated rings. The van der Waals surface area contributed by atoms with E-state index in [9.17, 15) is 5.11 Å². The standard InChI is InChI=1S/C12H23NO3/c1-15-11-3-5-13(7-11)8-12(9-14)4-2-6-16-10-12/h11,14H,2-10H2,1H3. The van der Waals surface area contributed by atoms with Gasteiger partial charge in [0.05, 0.1) is 19.3 Å². The quantitative estimate of drug-likeness (QED) is 0.762. The summed E-state index contributed by atoms with van der Waals surface area (Å²) in [5, 5.41) is 9.59. The van der Waals surface area contributed by atoms with Crippen LogP contribution in [-0.2, 0) is 9.47 Å². The first kappa shape index (κ1) is 12.3. The summed E-state index contributed by atoms with van der Waals surface area (Å²) >= 11 is 0. The third-order valence-corrected chi connectivity index (χ3v) is 3.86. The molecule has 16 heavy (non-hydrogen) atoms. The normalized spacial score (nSPS) is 36.8. The molecular weight excluding hydrogens is 206 g/mol. The maximum absolute atomic E-state index is 9.59. The summed E-state index contributed by atoms with van der Waals surface area (Å²) in [6.45, 7) is 4.82. The molecule has 94 valence electrons. The molecule has 0 bridgehead atoms. The monoisotopic (exact) mass is 229 g/mol. The van der Waals surface area contributed by atoms with Crippen molar-refractivity contribution in [2.75, 3.05) is 46.6 Å². The van der Waals surface area contributed by atoms with E-state index >= 15 is 0 Å². The van der Waals surface area contributed by atoms with E-state index in [0.717, 1.165) is 45.5 Å². The predicted molar refractivity (Wildman–Crippen MR) is 61.4 cm³/mol. The summed E-state index contributed by atoms with van der Waals surface area (Å²) < 4.78 is 10.9. The van der Waals surface area contributed by atoms with E-state index in [-0.39, 0.29) is 12.0 Å². The number of rotatable bonds is 4. The lowest BCUT2D eigenvalue weighted by Crippen LogP contribution is -2.45. The fourth-order valence-electron chi connectivity index (χ4n) is 2.82. The highest BCUT2D eigenvalue weighted by atomic mass is 16.5. The number of hydrogen-bond acceptors (Lipinski definition) is 4. The third kappa shape index (κ3) is 2.74. The highest BCUT2D eigenvalue weighted by Crippen LogP contribution is 2.30. The summed E-state index contributed by atoms with van der Waals surface area (Å²) in [6.07, 6.45) is 3.64. The van der Waals surface area contributed by atoms with Gasteiger partial charge in [-0.1, -0.05) is 0 Å². The van der Waals surface area contributed by atoms with Crippen LogP contribution in [0.1, 0.15) is 19.3 Å². The predicted octanol–water partition coefficient (Wildman–Crippen LogP) is 0.496. The highest BCUT2D eigenvalue weighted by molar-refractivity contribution is 4.87. The molecule has 2 aliphatic rings. The Balaban J connectivity index is 1.86. The first-order valence-corrected chi connectivity index (χ1v) is 6.22. The molecule has 0 aliphatic carbocycles. The first-order chi connectivity index (χ1) is 7.78. The summed E-state index contributed by atoms with van der Waals surface area (Å²) in [7, 11) is 1.78. The van der Waals surface area contributed by atoms with Gasteiger partial charge >= 0.3 is 0 Å². The average Bonchev–Trinajstić information content (AvgIpc) is 2.78. The lowest BCUT2D eigenvalue weighted by atomic mass is 9.83. The maximum Gasteiger partial charge on any atom is 0.0710 e. The lowest BCUT2D eigenvalue weighted by molar-refractivity contribution is -0.0539. The fourth-order valence-corrected chi connectivity index (χ4v) is 2.82. The van der Waals surface area contributed by atoms with Crippen LogP contribution in [0.4, 0.5) is 0 Å². The minimum absolute atomic E-state index is 0.0269. The SMILES string of the molecule is COC1CCN(CC2(CO)CCCOC2)C1. The van der Waals surface area contributed by atoms with Crippen LogP contribution < -0.4 is 0 Å². The fraction of sp³-hybridized carbons (Fsp3) is 1.00. The van der Waals surface area contributed by atoms with Crippen LogP contribution in [0.5, 0.6) is 0 Å². The van der Waals surface area contributed by atoms with Crippen LogP contribution in [-0.4, -0.2) is 62.7 Å². The van der Waals surface area contributed by atoms with Crippen molar-refractivity contribution in [1.29, 1.82) is 0 Å². The minimum atomic E-state index is -0.0269. The minimum Gasteiger partial charge on any atom is -0.396 e. The second-order valence-electron chi connectivity index (χ2n) is 5.20. The zero-order valence-corrected chi connectivity index (χ0v) is 10.2. The Hall–Kier alpha value is -0.160. The molecule has 0 radical (unpaired) electrons. The number of hydrogen-bond donors (Lipinski definition) is 1. The van der Waals surface area contributed by atoms with Crippen LogP contribution in [0, 0.1) is 5.41 Å². The third-order valence-electron chi connectivity index (χ3n) is 3.86. The zero-order chi connectivity index (χ0) is 11.4. The van der Waals surface area contributed by atoms with Crippen molar-refractivity contribution in [2.45, 2.75) is 25.4 Å². The molecule has 0 spiro atoms. The molecule has 0 aromatic rings. The Morgan fingerprint density at radius 1 is 1.56 bits per heavy atom. The van der Waals surface area contributed by atoms with Gasteiger partial charge in [0.25, 0.3) is 0 Å². The second kappa shape index (κ2) is 5.45. The van der Waals surface area contributed by atoms with Crippen molar-refractivity contribution >= 4 is 0 Å². The van der Waals surface area contributed by atoms with Crippen LogP contribution in [0.3, 0.4) is 0 Å². The Morgan fingerprint density at radius 2 is 2.44 bits per heavy atom. The Morgan fingerprint density at radius 3 is 3.00 bits per heavy atom. The van der Waals surface area contributed by atoms with Gasteiger partial charge in [-0.2, -0.15) is 0 Å². The molecule has 4 nitrogen and oxygen atoms in total. The molecule has 2 aliphatic heterocycles. The van der Waals surface area contributed by atoms with Crippen LogP contribution in [0.15, 0.2) is 0 Å². The van der Waals surface area contributed by atoms with Crippen molar-refractivity contribution in [2.24, 2.45) is 5.41 Å². The maximum atomic E-state index is 9.59. The van der Waals surface area contributed by atoms with Gasteiger partial charge in [0.1, 0.15) is 0 Å². The number of methoxy groups -OCH3 is 1. The largest absolute Gasteiger partial charge is 0.396 e. The molecule has 0 aromatic heterocycles. The van der Waals surface area contributed by atoms with Gasteiger partial charge in [0.2, 0.25) is 0 Å². The lowest BCUT2D eigenvalue weighted by Gasteiger charge is -2.38. The van der Waals surface area contributed by atoms with E-state index in [1.807, 2.05) is 0 Å². The molecule has 2 atom stereocenters. The van der Waals surface area contributed by atoms with Gasteiger partial charge in [-0.15, -0.1) is 0 Å². The summed E-state index contributed by atoms with van der Waals surface area (Å²) in [4.78, 5) is 2.40. The number of aliphatic hydroxyl groups excluding tert-OH is 1. The van der Waals surface area contributed by atoms with Crippen molar-refractivity contribution in [3.63, 3.8) is 0 Å². The molecular formula is C12H23NO3. The molecule has 2 heterocycles. The number of nitrogens with zero attached hydrogens (tertiary/aromatic N) is 1. The van der Waals surface area contributed by atoms with Gasteiger partial charge in [-0.25, -0.2) is 0 Å². The number of ether oxygens (including phenoxy) is 2. The van der Waals surface area contributed by atoms with Gasteiger partial charge < -0.3 is 14.6 Å². The smallest absolute Gasteiger partial charge is 0.0710 e. The Kier molecular flexibility index (Phi) is 4.19. The number of likely N-dealkylation sites (tertiary alicyclic amines) is 1. The van der Waals surface area contributed by atoms with E-state index < -0.39 is 0 Å². The van der Waals surface area contributed by atoms with Crippen LogP contribution in [0.25, 0.3) is 0 Å². The molecule has 0 amide bonds. The highest BCUT2D eigenvalue weighted by Gasteiger charge is 2.36. The Bertz CT molecular complexity index is 216. The second-order valence-corrected chi connectivity index (χ2v) is 5.20. The summed E-state index contributed by atoms with van der Waals surface area (Å²) in [5.74, 6) is 0. The molecule has 0 saturated carbocycles. The van der Waals surface area contributed by atoms with Crippen LogP contribution >= 0.6 is 0 Å². The molecule has 2 saturated heterocycles. The van der Waals surface area contributed by atoms with E-state index in [1.54, 1.807) is 7.11 Å². The van der Waals surface area contributed by atoms with Gasteiger partial charge in [0, 0.05) is 38.8 Å². The van der Waals surface area contributed by atoms with E-state index in [1.165, 1.54) is 0 Å². The van der Waals surface area contributed by atoms with Gasteiger partial charge in [-0.3, -0.25) is 4.90 Å². The molecule has 0 aromatic carbocycles. The van der Waals surface area contributed by atoms with Gasteiger partial charge in [0.15, 0.2) is 0 Å². The van der Waals surface area contributed by atoms with Crippen molar-refractivity contribution in [1.82, 2.24) is 4.90 Å². The molecule has 4 heteroatoms. The van der Waals surface area contributed by atoms with E-state index in [4.69, 9.17) is 9.47 Å². The molecule has 1 N–H and O–H groups in total. The number of aliphatic hydroxyl groups is 1. The topological polar surface area (TPSA) is 41.9 Å². The average molecular weight is 229 g/mol.